The Balaban J connectivity index is 1.81. The molecule has 2 heterocycles. The van der Waals surface area contributed by atoms with E-state index in [9.17, 15) is 9.90 Å². The van der Waals surface area contributed by atoms with Crippen molar-refractivity contribution in [3.63, 3.8) is 0 Å². The zero-order valence-electron chi connectivity index (χ0n) is 12.5. The molecule has 0 bridgehead atoms. The summed E-state index contributed by atoms with van der Waals surface area (Å²) in [5.74, 6) is 0.254. The van der Waals surface area contributed by atoms with Crippen LogP contribution < -0.4 is 5.32 Å². The van der Waals surface area contributed by atoms with Crippen LogP contribution in [-0.4, -0.2) is 22.6 Å². The molecule has 6 heteroatoms. The van der Waals surface area contributed by atoms with Gasteiger partial charge in [-0.1, -0.05) is 30.3 Å². The third-order valence-corrected chi connectivity index (χ3v) is 4.60. The summed E-state index contributed by atoms with van der Waals surface area (Å²) in [5.41, 5.74) is 1.65. The quantitative estimate of drug-likeness (QED) is 0.754. The molecule has 2 N–H and O–H groups in total. The maximum atomic E-state index is 12.5. The van der Waals surface area contributed by atoms with E-state index in [0.717, 1.165) is 10.6 Å². The lowest BCUT2D eigenvalue weighted by atomic mass is 10.2. The van der Waals surface area contributed by atoms with Gasteiger partial charge in [0.1, 0.15) is 21.7 Å². The minimum atomic E-state index is -0.570. The normalized spacial score (nSPS) is 12.1. The Morgan fingerprint density at radius 1 is 1.30 bits per heavy atom. The zero-order valence-corrected chi connectivity index (χ0v) is 13.3. The molecule has 1 aromatic carbocycles. The van der Waals surface area contributed by atoms with Crippen LogP contribution >= 0.6 is 11.3 Å². The lowest BCUT2D eigenvalue weighted by molar-refractivity contribution is 0.0910. The number of aliphatic hydroxyl groups is 1. The van der Waals surface area contributed by atoms with Crippen LogP contribution in [0.3, 0.4) is 0 Å². The Morgan fingerprint density at radius 2 is 2.09 bits per heavy atom. The zero-order chi connectivity index (χ0) is 16.2. The van der Waals surface area contributed by atoms with E-state index < -0.39 is 6.04 Å². The van der Waals surface area contributed by atoms with E-state index in [4.69, 9.17) is 4.42 Å². The number of aliphatic hydroxyl groups excluding tert-OH is 1. The number of rotatable bonds is 5. The second kappa shape index (κ2) is 6.76. The molecular weight excluding hydrogens is 312 g/mol. The number of aromatic nitrogens is 1. The van der Waals surface area contributed by atoms with Crippen LogP contribution in [0.25, 0.3) is 10.6 Å². The van der Waals surface area contributed by atoms with Crippen LogP contribution in [0.1, 0.15) is 27.2 Å². The highest BCUT2D eigenvalue weighted by Crippen LogP contribution is 2.28. The van der Waals surface area contributed by atoms with Gasteiger partial charge in [0, 0.05) is 5.56 Å². The largest absolute Gasteiger partial charge is 0.467 e. The fraction of sp³-hybridized carbons (Fsp3) is 0.176. The van der Waals surface area contributed by atoms with Crippen molar-refractivity contribution in [1.29, 1.82) is 0 Å². The van der Waals surface area contributed by atoms with Crippen LogP contribution in [0.15, 0.2) is 53.1 Å². The molecule has 0 spiro atoms. The van der Waals surface area contributed by atoms with E-state index in [0.29, 0.717) is 16.3 Å². The van der Waals surface area contributed by atoms with Crippen molar-refractivity contribution in [2.45, 2.75) is 13.0 Å². The number of hydrogen-bond donors (Lipinski definition) is 2. The average Bonchev–Trinajstić information content (AvgIpc) is 3.23. The third-order valence-electron chi connectivity index (χ3n) is 3.40. The summed E-state index contributed by atoms with van der Waals surface area (Å²) >= 11 is 1.34. The summed E-state index contributed by atoms with van der Waals surface area (Å²) in [5, 5.41) is 13.0. The average molecular weight is 328 g/mol. The first-order valence-electron chi connectivity index (χ1n) is 7.17. The van der Waals surface area contributed by atoms with Crippen molar-refractivity contribution >= 4 is 17.2 Å². The van der Waals surface area contributed by atoms with Crippen molar-refractivity contribution < 1.29 is 14.3 Å². The maximum absolute atomic E-state index is 12.5. The first-order chi connectivity index (χ1) is 11.2. The van der Waals surface area contributed by atoms with Gasteiger partial charge in [-0.3, -0.25) is 4.79 Å². The number of amides is 1. The summed E-state index contributed by atoms with van der Waals surface area (Å²) in [6, 6.07) is 12.6. The first kappa shape index (κ1) is 15.5. The van der Waals surface area contributed by atoms with E-state index in [1.54, 1.807) is 19.1 Å². The highest BCUT2D eigenvalue weighted by Gasteiger charge is 2.21. The minimum Gasteiger partial charge on any atom is -0.467 e. The van der Waals surface area contributed by atoms with Gasteiger partial charge in [-0.2, -0.15) is 0 Å². The molecule has 2 aromatic heterocycles. The number of aryl methyl sites for hydroxylation is 1. The molecule has 118 valence electrons. The molecule has 0 aliphatic heterocycles. The molecule has 0 aliphatic rings. The standard InChI is InChI=1S/C17H16N2O3S/c1-11-15(23-17(18-11)12-6-3-2-4-7-12)16(21)19-13(10-20)14-8-5-9-22-14/h2-9,13,20H,10H2,1H3,(H,19,21). The van der Waals surface area contributed by atoms with E-state index in [1.807, 2.05) is 30.3 Å². The number of carbonyl (C=O) groups excluding carboxylic acids is 1. The van der Waals surface area contributed by atoms with Crippen LogP contribution in [0, 0.1) is 6.92 Å². The number of benzene rings is 1. The van der Waals surface area contributed by atoms with Gasteiger partial charge in [-0.15, -0.1) is 11.3 Å². The number of hydrogen-bond acceptors (Lipinski definition) is 5. The number of carbonyl (C=O) groups is 1. The van der Waals surface area contributed by atoms with Gasteiger partial charge in [0.25, 0.3) is 5.91 Å². The number of nitrogens with zero attached hydrogens (tertiary/aromatic N) is 1. The Bertz CT molecular complexity index is 782. The van der Waals surface area contributed by atoms with Crippen LogP contribution in [0.2, 0.25) is 0 Å². The van der Waals surface area contributed by atoms with Crippen molar-refractivity contribution in [2.24, 2.45) is 0 Å². The smallest absolute Gasteiger partial charge is 0.263 e. The number of nitrogens with one attached hydrogen (secondary N) is 1. The monoisotopic (exact) mass is 328 g/mol. The van der Waals surface area contributed by atoms with Gasteiger partial charge < -0.3 is 14.8 Å². The summed E-state index contributed by atoms with van der Waals surface area (Å²) in [6.07, 6.45) is 1.51. The lowest BCUT2D eigenvalue weighted by Crippen LogP contribution is -2.30. The molecule has 0 saturated carbocycles. The molecule has 0 fully saturated rings. The van der Waals surface area contributed by atoms with Gasteiger partial charge in [0.15, 0.2) is 0 Å². The van der Waals surface area contributed by atoms with Gasteiger partial charge in [-0.05, 0) is 19.1 Å². The molecule has 1 amide bonds. The molecule has 0 saturated heterocycles. The summed E-state index contributed by atoms with van der Waals surface area (Å²) in [4.78, 5) is 17.5. The lowest BCUT2D eigenvalue weighted by Gasteiger charge is -2.13. The summed E-state index contributed by atoms with van der Waals surface area (Å²) in [6.45, 7) is 1.57. The van der Waals surface area contributed by atoms with E-state index in [1.165, 1.54) is 17.6 Å². The molecule has 3 aromatic rings. The molecular formula is C17H16N2O3S. The van der Waals surface area contributed by atoms with Gasteiger partial charge in [0.05, 0.1) is 18.6 Å². The van der Waals surface area contributed by atoms with E-state index >= 15 is 0 Å². The predicted molar refractivity (Wildman–Crippen MR) is 88.3 cm³/mol. The molecule has 0 aliphatic carbocycles. The Kier molecular flexibility index (Phi) is 4.55. The second-order valence-electron chi connectivity index (χ2n) is 5.02. The highest BCUT2D eigenvalue weighted by atomic mass is 32.1. The van der Waals surface area contributed by atoms with Gasteiger partial charge >= 0.3 is 0 Å². The Labute approximate surface area is 137 Å². The Hall–Kier alpha value is -2.44. The number of furan rings is 1. The topological polar surface area (TPSA) is 75.4 Å². The molecule has 1 unspecified atom stereocenters. The van der Waals surface area contributed by atoms with Crippen molar-refractivity contribution in [3.05, 3.63) is 65.1 Å². The van der Waals surface area contributed by atoms with Crippen LogP contribution in [-0.2, 0) is 0 Å². The molecule has 0 radical (unpaired) electrons. The van der Waals surface area contributed by atoms with Crippen LogP contribution in [0.4, 0.5) is 0 Å². The number of thiazole rings is 1. The highest BCUT2D eigenvalue weighted by molar-refractivity contribution is 7.17. The van der Waals surface area contributed by atoms with Gasteiger partial charge in [-0.25, -0.2) is 4.98 Å². The van der Waals surface area contributed by atoms with Crippen LogP contribution in [0.5, 0.6) is 0 Å². The predicted octanol–water partition coefficient (Wildman–Crippen LogP) is 3.17. The minimum absolute atomic E-state index is 0.233. The van der Waals surface area contributed by atoms with E-state index in [-0.39, 0.29) is 12.5 Å². The molecule has 1 atom stereocenters. The van der Waals surface area contributed by atoms with Crippen molar-refractivity contribution in [2.75, 3.05) is 6.61 Å². The summed E-state index contributed by atoms with van der Waals surface area (Å²) in [7, 11) is 0. The fourth-order valence-electron chi connectivity index (χ4n) is 2.23. The maximum Gasteiger partial charge on any atom is 0.263 e. The SMILES string of the molecule is Cc1nc(-c2ccccc2)sc1C(=O)NC(CO)c1ccco1. The third kappa shape index (κ3) is 3.33. The van der Waals surface area contributed by atoms with E-state index in [2.05, 4.69) is 10.3 Å². The van der Waals surface area contributed by atoms with Crippen molar-refractivity contribution in [1.82, 2.24) is 10.3 Å². The summed E-state index contributed by atoms with van der Waals surface area (Å²) < 4.78 is 5.24. The molecule has 3 rings (SSSR count). The Morgan fingerprint density at radius 3 is 2.74 bits per heavy atom. The molecule has 5 nitrogen and oxygen atoms in total. The molecule has 23 heavy (non-hydrogen) atoms. The fourth-order valence-corrected chi connectivity index (χ4v) is 3.21. The van der Waals surface area contributed by atoms with Crippen molar-refractivity contribution in [3.8, 4) is 10.6 Å². The second-order valence-corrected chi connectivity index (χ2v) is 6.02. The van der Waals surface area contributed by atoms with Gasteiger partial charge in [0.2, 0.25) is 0 Å². The first-order valence-corrected chi connectivity index (χ1v) is 7.98.